The number of hydrogen-bond donors (Lipinski definition) is 1. The van der Waals surface area contributed by atoms with Crippen molar-refractivity contribution >= 4 is 16.7 Å². The van der Waals surface area contributed by atoms with Crippen molar-refractivity contribution in [2.75, 3.05) is 20.2 Å². The number of pyridine rings is 1. The molecule has 33 heavy (non-hydrogen) atoms. The maximum atomic E-state index is 13.1. The number of rotatable bonds is 6. The highest BCUT2D eigenvalue weighted by Crippen LogP contribution is 2.33. The molecule has 1 N–H and O–H groups in total. The molecule has 3 aromatic heterocycles. The molecule has 4 heterocycles. The van der Waals surface area contributed by atoms with Crippen molar-refractivity contribution in [3.63, 3.8) is 0 Å². The Balaban J connectivity index is 1.56. The number of H-pyrrole nitrogens is 1. The monoisotopic (exact) mass is 448 g/mol. The molecule has 1 aromatic carbocycles. The number of nitrogens with one attached hydrogen (secondary N) is 1. The van der Waals surface area contributed by atoms with Gasteiger partial charge in [-0.25, -0.2) is 14.3 Å². The van der Waals surface area contributed by atoms with Crippen LogP contribution in [0.5, 0.6) is 5.75 Å². The molecule has 1 unspecified atom stereocenters. The number of likely N-dealkylation sites (tertiary alicyclic amines) is 1. The van der Waals surface area contributed by atoms with Crippen molar-refractivity contribution in [3.05, 3.63) is 46.8 Å². The number of aryl methyl sites for hydroxylation is 1. The third-order valence-electron chi connectivity index (χ3n) is 7.19. The SMILES string of the molecule is CCC(CC)N1CCCC(n2c(=O)[nH]c3cc(-c4cc(OC)c5ncnn5c4)c(C)cc32)C1. The Labute approximate surface area is 193 Å². The van der Waals surface area contributed by atoms with Gasteiger partial charge >= 0.3 is 5.69 Å². The Hall–Kier alpha value is -3.13. The predicted molar refractivity (Wildman–Crippen MR) is 130 cm³/mol. The van der Waals surface area contributed by atoms with Crippen molar-refractivity contribution in [2.45, 2.75) is 58.5 Å². The van der Waals surface area contributed by atoms with Crippen molar-refractivity contribution in [1.82, 2.24) is 29.0 Å². The van der Waals surface area contributed by atoms with Crippen LogP contribution in [0.3, 0.4) is 0 Å². The molecule has 8 heteroatoms. The Morgan fingerprint density at radius 1 is 1.24 bits per heavy atom. The van der Waals surface area contributed by atoms with Gasteiger partial charge in [-0.1, -0.05) is 13.8 Å². The van der Waals surface area contributed by atoms with Crippen molar-refractivity contribution < 1.29 is 4.74 Å². The lowest BCUT2D eigenvalue weighted by molar-refractivity contribution is 0.120. The highest BCUT2D eigenvalue weighted by Gasteiger charge is 2.27. The van der Waals surface area contributed by atoms with Gasteiger partial charge in [0.15, 0.2) is 11.4 Å². The van der Waals surface area contributed by atoms with Gasteiger partial charge in [0, 0.05) is 24.3 Å². The molecule has 5 rings (SSSR count). The molecule has 1 fully saturated rings. The topological polar surface area (TPSA) is 80.5 Å². The Bertz CT molecular complexity index is 1350. The fourth-order valence-electron chi connectivity index (χ4n) is 5.47. The smallest absolute Gasteiger partial charge is 0.326 e. The average molecular weight is 449 g/mol. The molecule has 0 amide bonds. The summed E-state index contributed by atoms with van der Waals surface area (Å²) in [4.78, 5) is 23.1. The first kappa shape index (κ1) is 21.7. The summed E-state index contributed by atoms with van der Waals surface area (Å²) < 4.78 is 9.25. The molecule has 4 aromatic rings. The molecule has 1 saturated heterocycles. The molecule has 0 bridgehead atoms. The normalized spacial score (nSPS) is 17.4. The second kappa shape index (κ2) is 8.67. The summed E-state index contributed by atoms with van der Waals surface area (Å²) in [5.41, 5.74) is 5.60. The molecule has 0 saturated carbocycles. The van der Waals surface area contributed by atoms with Gasteiger partial charge in [0.1, 0.15) is 6.33 Å². The van der Waals surface area contributed by atoms with E-state index in [-0.39, 0.29) is 11.7 Å². The van der Waals surface area contributed by atoms with Crippen molar-refractivity contribution in [2.24, 2.45) is 0 Å². The van der Waals surface area contributed by atoms with Crippen molar-refractivity contribution in [1.29, 1.82) is 0 Å². The largest absolute Gasteiger partial charge is 0.493 e. The Morgan fingerprint density at radius 2 is 2.06 bits per heavy atom. The first-order valence-electron chi connectivity index (χ1n) is 11.9. The summed E-state index contributed by atoms with van der Waals surface area (Å²) in [6.45, 7) is 8.65. The summed E-state index contributed by atoms with van der Waals surface area (Å²) in [6.07, 6.45) is 7.91. The number of fused-ring (bicyclic) bond motifs is 2. The van der Waals surface area contributed by atoms with Crippen LogP contribution in [0, 0.1) is 6.92 Å². The van der Waals surface area contributed by atoms with Gasteiger partial charge in [-0.05, 0) is 68.5 Å². The van der Waals surface area contributed by atoms with Gasteiger partial charge < -0.3 is 9.72 Å². The van der Waals surface area contributed by atoms with Crippen LogP contribution >= 0.6 is 0 Å². The van der Waals surface area contributed by atoms with Gasteiger partial charge in [-0.2, -0.15) is 5.10 Å². The summed E-state index contributed by atoms with van der Waals surface area (Å²) >= 11 is 0. The summed E-state index contributed by atoms with van der Waals surface area (Å²) in [5, 5.41) is 4.28. The Kier molecular flexibility index (Phi) is 5.70. The quantitative estimate of drug-likeness (QED) is 0.479. The van der Waals surface area contributed by atoms with E-state index < -0.39 is 0 Å². The minimum absolute atomic E-state index is 0.0257. The minimum atomic E-state index is -0.0257. The third-order valence-corrected chi connectivity index (χ3v) is 7.19. The second-order valence-electron chi connectivity index (χ2n) is 9.07. The number of methoxy groups -OCH3 is 1. The van der Waals surface area contributed by atoms with Gasteiger partial charge in [0.2, 0.25) is 0 Å². The lowest BCUT2D eigenvalue weighted by Gasteiger charge is -2.38. The molecular formula is C25H32N6O2. The van der Waals surface area contributed by atoms with E-state index in [1.165, 1.54) is 6.33 Å². The zero-order chi connectivity index (χ0) is 23.1. The molecule has 0 radical (unpaired) electrons. The van der Waals surface area contributed by atoms with Crippen molar-refractivity contribution in [3.8, 4) is 16.9 Å². The summed E-state index contributed by atoms with van der Waals surface area (Å²) in [7, 11) is 1.64. The van der Waals surface area contributed by atoms with E-state index >= 15 is 0 Å². The summed E-state index contributed by atoms with van der Waals surface area (Å²) in [6, 6.07) is 6.96. The van der Waals surface area contributed by atoms with Crippen LogP contribution in [0.4, 0.5) is 0 Å². The van der Waals surface area contributed by atoms with Crippen LogP contribution in [0.25, 0.3) is 27.8 Å². The number of aromatic amines is 1. The Morgan fingerprint density at radius 3 is 2.82 bits per heavy atom. The molecule has 0 aliphatic carbocycles. The van der Waals surface area contributed by atoms with Crippen LogP contribution in [0.1, 0.15) is 51.1 Å². The van der Waals surface area contributed by atoms with Crippen LogP contribution in [0.15, 0.2) is 35.5 Å². The van der Waals surface area contributed by atoms with Gasteiger partial charge in [0.05, 0.1) is 24.2 Å². The maximum Gasteiger partial charge on any atom is 0.326 e. The molecule has 174 valence electrons. The van der Waals surface area contributed by atoms with Crippen LogP contribution < -0.4 is 10.4 Å². The maximum absolute atomic E-state index is 13.1. The van der Waals surface area contributed by atoms with Gasteiger partial charge in [-0.3, -0.25) is 9.47 Å². The number of benzene rings is 1. The zero-order valence-corrected chi connectivity index (χ0v) is 19.8. The average Bonchev–Trinajstić information content (AvgIpc) is 3.42. The van der Waals surface area contributed by atoms with E-state index in [0.29, 0.717) is 17.4 Å². The van der Waals surface area contributed by atoms with Crippen LogP contribution in [-0.4, -0.2) is 55.3 Å². The number of ether oxygens (including phenoxy) is 1. The number of aromatic nitrogens is 5. The van der Waals surface area contributed by atoms with E-state index in [4.69, 9.17) is 4.74 Å². The van der Waals surface area contributed by atoms with Crippen LogP contribution in [-0.2, 0) is 0 Å². The fraction of sp³-hybridized carbons (Fsp3) is 0.480. The third kappa shape index (κ3) is 3.72. The second-order valence-corrected chi connectivity index (χ2v) is 9.07. The number of imidazole rings is 1. The first-order valence-corrected chi connectivity index (χ1v) is 11.9. The lowest BCUT2D eigenvalue weighted by atomic mass is 9.99. The first-order chi connectivity index (χ1) is 16.0. The van der Waals surface area contributed by atoms with Crippen LogP contribution in [0.2, 0.25) is 0 Å². The fourth-order valence-corrected chi connectivity index (χ4v) is 5.47. The molecule has 1 aliphatic rings. The van der Waals surface area contributed by atoms with Gasteiger partial charge in [0.25, 0.3) is 0 Å². The number of piperidine rings is 1. The minimum Gasteiger partial charge on any atom is -0.493 e. The highest BCUT2D eigenvalue weighted by atomic mass is 16.5. The number of nitrogens with zero attached hydrogens (tertiary/aromatic N) is 5. The van der Waals surface area contributed by atoms with E-state index in [2.05, 4.69) is 52.9 Å². The molecular weight excluding hydrogens is 416 g/mol. The van der Waals surface area contributed by atoms with E-state index in [0.717, 1.165) is 66.5 Å². The molecule has 1 aliphatic heterocycles. The summed E-state index contributed by atoms with van der Waals surface area (Å²) in [5.74, 6) is 0.666. The highest BCUT2D eigenvalue weighted by molar-refractivity contribution is 5.85. The zero-order valence-electron chi connectivity index (χ0n) is 19.8. The molecule has 0 spiro atoms. The van der Waals surface area contributed by atoms with Gasteiger partial charge in [-0.15, -0.1) is 0 Å². The molecule has 1 atom stereocenters. The van der Waals surface area contributed by atoms with E-state index in [1.807, 2.05) is 16.8 Å². The lowest BCUT2D eigenvalue weighted by Crippen LogP contribution is -2.44. The predicted octanol–water partition coefficient (Wildman–Crippen LogP) is 4.18. The van der Waals surface area contributed by atoms with E-state index in [1.54, 1.807) is 11.6 Å². The number of hydrogen-bond acceptors (Lipinski definition) is 5. The molecule has 8 nitrogen and oxygen atoms in total. The standard InChI is InChI=1S/C25H32N6O2/c1-5-18(6-2)29-9-7-8-19(14-29)31-22-10-16(3)20(12-21(22)28-25(31)32)17-11-23(33-4)24-26-15-27-30(24)13-17/h10-13,15,18-19H,5-9,14H2,1-4H3,(H,28,32). The van der Waals surface area contributed by atoms with E-state index in [9.17, 15) is 4.79 Å².